The summed E-state index contributed by atoms with van der Waals surface area (Å²) < 4.78 is 0. The van der Waals surface area contributed by atoms with E-state index < -0.39 is 66.2 Å². The lowest BCUT2D eigenvalue weighted by Crippen LogP contribution is -2.58. The van der Waals surface area contributed by atoms with E-state index in [2.05, 4.69) is 20.9 Å². The number of hydrogen-bond acceptors (Lipinski definition) is 7. The van der Waals surface area contributed by atoms with Crippen LogP contribution in [-0.4, -0.2) is 76.5 Å². The summed E-state index contributed by atoms with van der Waals surface area (Å²) in [5.74, 6) is -5.75. The molecule has 0 aliphatic rings. The summed E-state index contributed by atoms with van der Waals surface area (Å²) >= 11 is 0. The van der Waals surface area contributed by atoms with Crippen LogP contribution in [0.1, 0.15) is 40.0 Å². The standard InChI is InChI=1S/C18H33N7O7/c1-8(2)13(25-14(28)9(3)19)16(30)24-11(7-12(26)27)15(29)23-10(17(31)32)5-4-6-22-18(20)21/h8-11,13H,4-7,19H2,1-3H3,(H,23,29)(H,24,30)(H,25,28)(H,26,27)(H,31,32)(H4,20,21,22). The Labute approximate surface area is 185 Å². The Morgan fingerprint density at radius 2 is 1.44 bits per heavy atom. The highest BCUT2D eigenvalue weighted by molar-refractivity contribution is 5.95. The van der Waals surface area contributed by atoms with Gasteiger partial charge in [0.2, 0.25) is 17.7 Å². The number of carboxylic acid groups (broad SMARTS) is 2. The third-order valence-electron chi connectivity index (χ3n) is 4.23. The summed E-state index contributed by atoms with van der Waals surface area (Å²) in [6.07, 6.45) is -0.613. The maximum Gasteiger partial charge on any atom is 0.326 e. The zero-order valence-electron chi connectivity index (χ0n) is 18.3. The van der Waals surface area contributed by atoms with E-state index in [0.29, 0.717) is 0 Å². The first-order valence-corrected chi connectivity index (χ1v) is 9.92. The van der Waals surface area contributed by atoms with Gasteiger partial charge in [-0.3, -0.25) is 24.2 Å². The number of rotatable bonds is 14. The summed E-state index contributed by atoms with van der Waals surface area (Å²) in [5, 5.41) is 25.3. The number of carbonyl (C=O) groups excluding carboxylic acids is 3. The number of carboxylic acids is 2. The smallest absolute Gasteiger partial charge is 0.326 e. The van der Waals surface area contributed by atoms with Crippen molar-refractivity contribution < 1.29 is 34.2 Å². The second kappa shape index (κ2) is 13.8. The molecule has 0 bridgehead atoms. The van der Waals surface area contributed by atoms with Gasteiger partial charge in [0.05, 0.1) is 12.5 Å². The van der Waals surface area contributed by atoms with Crippen LogP contribution >= 0.6 is 0 Å². The molecule has 0 aromatic carbocycles. The van der Waals surface area contributed by atoms with Gasteiger partial charge < -0.3 is 43.4 Å². The molecule has 0 rings (SSSR count). The maximum atomic E-state index is 12.6. The fourth-order valence-electron chi connectivity index (χ4n) is 2.50. The first-order chi connectivity index (χ1) is 14.8. The van der Waals surface area contributed by atoms with Crippen LogP contribution in [0.2, 0.25) is 0 Å². The van der Waals surface area contributed by atoms with Crippen molar-refractivity contribution in [1.82, 2.24) is 16.0 Å². The number of guanidine groups is 1. The number of nitrogens with one attached hydrogen (secondary N) is 3. The molecule has 0 spiro atoms. The summed E-state index contributed by atoms with van der Waals surface area (Å²) in [6.45, 7) is 4.82. The SMILES string of the molecule is CC(N)C(=O)NC(C(=O)NC(CC(=O)O)C(=O)NC(CCCN=C(N)N)C(=O)O)C(C)C. The van der Waals surface area contributed by atoms with Gasteiger partial charge in [-0.1, -0.05) is 13.8 Å². The topological polar surface area (TPSA) is 252 Å². The van der Waals surface area contributed by atoms with Crippen LogP contribution in [0.5, 0.6) is 0 Å². The maximum absolute atomic E-state index is 12.6. The molecular weight excluding hydrogens is 426 g/mol. The van der Waals surface area contributed by atoms with Gasteiger partial charge in [-0.25, -0.2) is 4.79 Å². The number of carbonyl (C=O) groups is 5. The molecule has 14 nitrogen and oxygen atoms in total. The van der Waals surface area contributed by atoms with Gasteiger partial charge >= 0.3 is 11.9 Å². The zero-order valence-corrected chi connectivity index (χ0v) is 18.3. The average molecular weight is 460 g/mol. The summed E-state index contributed by atoms with van der Waals surface area (Å²) in [5.41, 5.74) is 15.9. The number of amides is 3. The number of aliphatic imine (C=N–C) groups is 1. The Morgan fingerprint density at radius 3 is 1.88 bits per heavy atom. The van der Waals surface area contributed by atoms with E-state index in [4.69, 9.17) is 22.3 Å². The molecule has 0 radical (unpaired) electrons. The van der Waals surface area contributed by atoms with E-state index in [1.807, 2.05) is 0 Å². The van der Waals surface area contributed by atoms with E-state index in [1.165, 1.54) is 6.92 Å². The highest BCUT2D eigenvalue weighted by atomic mass is 16.4. The average Bonchev–Trinajstić information content (AvgIpc) is 2.66. The molecule has 4 unspecified atom stereocenters. The van der Waals surface area contributed by atoms with E-state index in [1.54, 1.807) is 13.8 Å². The Hall–Kier alpha value is -3.42. The Kier molecular flexibility index (Phi) is 12.3. The Balaban J connectivity index is 5.34. The molecule has 0 heterocycles. The summed E-state index contributed by atoms with van der Waals surface area (Å²) in [6, 6.07) is -4.92. The molecular formula is C18H33N7O7. The van der Waals surface area contributed by atoms with E-state index >= 15 is 0 Å². The molecule has 0 aliphatic carbocycles. The Morgan fingerprint density at radius 1 is 0.875 bits per heavy atom. The lowest BCUT2D eigenvalue weighted by Gasteiger charge is -2.26. The van der Waals surface area contributed by atoms with Crippen LogP contribution in [0.4, 0.5) is 0 Å². The minimum absolute atomic E-state index is 0.0370. The molecule has 32 heavy (non-hydrogen) atoms. The molecule has 3 amide bonds. The van der Waals surface area contributed by atoms with Gasteiger partial charge in [-0.05, 0) is 25.7 Å². The van der Waals surface area contributed by atoms with Crippen LogP contribution in [-0.2, 0) is 24.0 Å². The van der Waals surface area contributed by atoms with Gasteiger partial charge in [0.25, 0.3) is 0 Å². The number of hydrogen-bond donors (Lipinski definition) is 8. The second-order valence-corrected chi connectivity index (χ2v) is 7.53. The predicted octanol–water partition coefficient (Wildman–Crippen LogP) is -2.94. The lowest BCUT2D eigenvalue weighted by molar-refractivity contribution is -0.144. The van der Waals surface area contributed by atoms with E-state index in [0.717, 1.165) is 0 Å². The molecule has 0 fully saturated rings. The molecule has 0 saturated carbocycles. The van der Waals surface area contributed by atoms with Crippen LogP contribution in [0.15, 0.2) is 4.99 Å². The normalized spacial score (nSPS) is 14.4. The van der Waals surface area contributed by atoms with Crippen LogP contribution < -0.4 is 33.2 Å². The third kappa shape index (κ3) is 11.1. The fourth-order valence-corrected chi connectivity index (χ4v) is 2.50. The highest BCUT2D eigenvalue weighted by Crippen LogP contribution is 2.06. The van der Waals surface area contributed by atoms with Crippen molar-refractivity contribution in [2.24, 2.45) is 28.1 Å². The van der Waals surface area contributed by atoms with Crippen LogP contribution in [0, 0.1) is 5.92 Å². The van der Waals surface area contributed by atoms with Crippen molar-refractivity contribution in [3.05, 3.63) is 0 Å². The highest BCUT2D eigenvalue weighted by Gasteiger charge is 2.32. The van der Waals surface area contributed by atoms with Crippen molar-refractivity contribution in [1.29, 1.82) is 0 Å². The minimum atomic E-state index is -1.58. The van der Waals surface area contributed by atoms with Gasteiger partial charge in [-0.2, -0.15) is 0 Å². The van der Waals surface area contributed by atoms with Crippen LogP contribution in [0.25, 0.3) is 0 Å². The Bertz CT molecular complexity index is 720. The number of aliphatic carboxylic acids is 2. The van der Waals surface area contributed by atoms with Crippen molar-refractivity contribution in [3.8, 4) is 0 Å². The molecule has 11 N–H and O–H groups in total. The number of nitrogens with two attached hydrogens (primary N) is 3. The second-order valence-electron chi connectivity index (χ2n) is 7.53. The van der Waals surface area contributed by atoms with Gasteiger partial charge in [0.1, 0.15) is 18.1 Å². The predicted molar refractivity (Wildman–Crippen MR) is 114 cm³/mol. The first-order valence-electron chi connectivity index (χ1n) is 9.92. The first kappa shape index (κ1) is 28.6. The van der Waals surface area contributed by atoms with Crippen molar-refractivity contribution >= 4 is 35.6 Å². The molecule has 14 heteroatoms. The van der Waals surface area contributed by atoms with Gasteiger partial charge in [-0.15, -0.1) is 0 Å². The van der Waals surface area contributed by atoms with E-state index in [9.17, 15) is 29.1 Å². The van der Waals surface area contributed by atoms with Gasteiger partial charge in [0, 0.05) is 6.54 Å². The van der Waals surface area contributed by atoms with Gasteiger partial charge in [0.15, 0.2) is 5.96 Å². The third-order valence-corrected chi connectivity index (χ3v) is 4.23. The molecule has 0 aromatic rings. The van der Waals surface area contributed by atoms with Crippen LogP contribution in [0.3, 0.4) is 0 Å². The quantitative estimate of drug-likeness (QED) is 0.0744. The lowest BCUT2D eigenvalue weighted by atomic mass is 10.0. The monoisotopic (exact) mass is 459 g/mol. The fraction of sp³-hybridized carbons (Fsp3) is 0.667. The van der Waals surface area contributed by atoms with Crippen molar-refractivity contribution in [2.75, 3.05) is 6.54 Å². The molecule has 0 aromatic heterocycles. The largest absolute Gasteiger partial charge is 0.481 e. The molecule has 182 valence electrons. The van der Waals surface area contributed by atoms with Crippen molar-refractivity contribution in [3.63, 3.8) is 0 Å². The summed E-state index contributed by atoms with van der Waals surface area (Å²) in [7, 11) is 0. The minimum Gasteiger partial charge on any atom is -0.481 e. The molecule has 0 saturated heterocycles. The summed E-state index contributed by atoms with van der Waals surface area (Å²) in [4.78, 5) is 63.4. The molecule has 0 aliphatic heterocycles. The zero-order chi connectivity index (χ0) is 25.0. The van der Waals surface area contributed by atoms with E-state index in [-0.39, 0.29) is 25.3 Å². The molecule has 4 atom stereocenters. The van der Waals surface area contributed by atoms with Crippen molar-refractivity contribution in [2.45, 2.75) is 64.2 Å². The number of nitrogens with zero attached hydrogens (tertiary/aromatic N) is 1.